The quantitative estimate of drug-likeness (QED) is 0.830. The lowest BCUT2D eigenvalue weighted by molar-refractivity contribution is -0.122. The highest BCUT2D eigenvalue weighted by atomic mass is 35.5. The van der Waals surface area contributed by atoms with Crippen LogP contribution in [0, 0.1) is 5.92 Å². The summed E-state index contributed by atoms with van der Waals surface area (Å²) in [7, 11) is 0. The number of fused-ring (bicyclic) bond motifs is 1. The van der Waals surface area contributed by atoms with Crippen LogP contribution in [-0.4, -0.2) is 12.5 Å². The van der Waals surface area contributed by atoms with E-state index in [0.717, 1.165) is 23.4 Å². The lowest BCUT2D eigenvalue weighted by Crippen LogP contribution is -2.50. The molecular weight excluding hydrogens is 343 g/mol. The maximum Gasteiger partial charge on any atom is 0.249 e. The molecule has 1 atom stereocenters. The van der Waals surface area contributed by atoms with Gasteiger partial charge in [0, 0.05) is 27.7 Å². The Labute approximate surface area is 151 Å². The molecule has 0 saturated heterocycles. The number of amides is 1. The minimum Gasteiger partial charge on any atom is -0.324 e. The van der Waals surface area contributed by atoms with Crippen LogP contribution in [-0.2, 0) is 16.8 Å². The Morgan fingerprint density at radius 3 is 2.67 bits per heavy atom. The molecule has 1 fully saturated rings. The molecule has 24 heavy (non-hydrogen) atoms. The van der Waals surface area contributed by atoms with Gasteiger partial charge in [0.2, 0.25) is 5.91 Å². The van der Waals surface area contributed by atoms with Gasteiger partial charge in [-0.1, -0.05) is 41.4 Å². The summed E-state index contributed by atoms with van der Waals surface area (Å²) in [6.45, 7) is 0.843. The minimum atomic E-state index is -0.771. The highest BCUT2D eigenvalue weighted by molar-refractivity contribution is 6.31. The van der Waals surface area contributed by atoms with Gasteiger partial charge < -0.3 is 5.32 Å². The molecule has 124 valence electrons. The average Bonchev–Trinajstić information content (AvgIpc) is 3.32. The van der Waals surface area contributed by atoms with Crippen LogP contribution >= 0.6 is 23.2 Å². The Bertz CT molecular complexity index is 804. The molecule has 1 aliphatic carbocycles. The fourth-order valence-electron chi connectivity index (χ4n) is 3.35. The lowest BCUT2D eigenvalue weighted by atomic mass is 9.84. The van der Waals surface area contributed by atoms with E-state index in [1.807, 2.05) is 42.5 Å². The highest BCUT2D eigenvalue weighted by Gasteiger charge is 2.47. The van der Waals surface area contributed by atoms with E-state index in [0.29, 0.717) is 22.4 Å². The summed E-state index contributed by atoms with van der Waals surface area (Å²) in [5.74, 6) is 0.644. The zero-order valence-corrected chi connectivity index (χ0v) is 14.6. The van der Waals surface area contributed by atoms with E-state index in [9.17, 15) is 4.79 Å². The zero-order chi connectivity index (χ0) is 16.7. The molecule has 2 N–H and O–H groups in total. The van der Waals surface area contributed by atoms with Gasteiger partial charge in [-0.25, -0.2) is 0 Å². The van der Waals surface area contributed by atoms with E-state index >= 15 is 0 Å². The predicted molar refractivity (Wildman–Crippen MR) is 97.6 cm³/mol. The molecule has 1 aliphatic heterocycles. The second kappa shape index (κ2) is 6.07. The molecule has 0 radical (unpaired) electrons. The van der Waals surface area contributed by atoms with Crippen molar-refractivity contribution < 1.29 is 4.79 Å². The Hall–Kier alpha value is -1.55. The lowest BCUT2D eigenvalue weighted by Gasteiger charge is -2.29. The smallest absolute Gasteiger partial charge is 0.249 e. The molecule has 2 aromatic carbocycles. The van der Waals surface area contributed by atoms with Crippen molar-refractivity contribution in [2.24, 2.45) is 5.92 Å². The summed E-state index contributed by atoms with van der Waals surface area (Å²) in [4.78, 5) is 12.9. The van der Waals surface area contributed by atoms with E-state index in [4.69, 9.17) is 23.2 Å². The monoisotopic (exact) mass is 360 g/mol. The standard InChI is InChI=1S/C19H18Cl2N2O/c20-14-3-1-2-13(8-14)10-19(22-11-12-4-5-12)16-7-6-15(21)9-17(16)23-18(19)24/h1-3,6-9,12,22H,4-5,10-11H2,(H,23,24). The summed E-state index contributed by atoms with van der Waals surface area (Å²) in [6, 6.07) is 13.3. The van der Waals surface area contributed by atoms with Crippen molar-refractivity contribution >= 4 is 34.8 Å². The van der Waals surface area contributed by atoms with E-state index in [-0.39, 0.29) is 5.91 Å². The molecule has 3 nitrogen and oxygen atoms in total. The molecule has 2 aromatic rings. The van der Waals surface area contributed by atoms with Gasteiger partial charge in [-0.05, 0) is 55.1 Å². The third-order valence-electron chi connectivity index (χ3n) is 4.82. The van der Waals surface area contributed by atoms with Crippen molar-refractivity contribution in [2.75, 3.05) is 11.9 Å². The number of anilines is 1. The van der Waals surface area contributed by atoms with Gasteiger partial charge in [0.25, 0.3) is 0 Å². The van der Waals surface area contributed by atoms with Crippen LogP contribution in [0.5, 0.6) is 0 Å². The maximum atomic E-state index is 12.9. The van der Waals surface area contributed by atoms with Crippen LogP contribution in [0.3, 0.4) is 0 Å². The van der Waals surface area contributed by atoms with Crippen LogP contribution in [0.1, 0.15) is 24.0 Å². The van der Waals surface area contributed by atoms with Crippen LogP contribution in [0.25, 0.3) is 0 Å². The number of hydrogen-bond donors (Lipinski definition) is 2. The Kier molecular flexibility index (Phi) is 4.03. The maximum absolute atomic E-state index is 12.9. The fraction of sp³-hybridized carbons (Fsp3) is 0.316. The normalized spacial score (nSPS) is 22.3. The van der Waals surface area contributed by atoms with E-state index in [1.165, 1.54) is 12.8 Å². The topological polar surface area (TPSA) is 41.1 Å². The molecule has 4 rings (SSSR count). The summed E-state index contributed by atoms with van der Waals surface area (Å²) in [5, 5.41) is 7.84. The first-order chi connectivity index (χ1) is 11.6. The second-order valence-electron chi connectivity index (χ2n) is 6.68. The molecule has 0 aromatic heterocycles. The summed E-state index contributed by atoms with van der Waals surface area (Å²) in [6.07, 6.45) is 3.02. The van der Waals surface area contributed by atoms with Crippen molar-refractivity contribution in [3.63, 3.8) is 0 Å². The number of rotatable bonds is 5. The first-order valence-electron chi connectivity index (χ1n) is 8.18. The summed E-state index contributed by atoms with van der Waals surface area (Å²) in [5.41, 5.74) is 2.01. The van der Waals surface area contributed by atoms with Gasteiger partial charge in [0.15, 0.2) is 0 Å². The molecule has 2 aliphatic rings. The van der Waals surface area contributed by atoms with Crippen LogP contribution in [0.4, 0.5) is 5.69 Å². The predicted octanol–water partition coefficient (Wildman–Crippen LogP) is 4.38. The molecule has 1 saturated carbocycles. The van der Waals surface area contributed by atoms with Crippen LogP contribution in [0.15, 0.2) is 42.5 Å². The molecule has 0 bridgehead atoms. The number of carbonyl (C=O) groups is 1. The van der Waals surface area contributed by atoms with Crippen molar-refractivity contribution in [3.8, 4) is 0 Å². The molecular formula is C19H18Cl2N2O. The van der Waals surface area contributed by atoms with Crippen molar-refractivity contribution in [2.45, 2.75) is 24.8 Å². The van der Waals surface area contributed by atoms with Crippen LogP contribution < -0.4 is 10.6 Å². The van der Waals surface area contributed by atoms with Crippen LogP contribution in [0.2, 0.25) is 10.0 Å². The van der Waals surface area contributed by atoms with Gasteiger partial charge >= 0.3 is 0 Å². The Morgan fingerprint density at radius 2 is 1.92 bits per heavy atom. The summed E-state index contributed by atoms with van der Waals surface area (Å²) >= 11 is 12.2. The second-order valence-corrected chi connectivity index (χ2v) is 7.55. The van der Waals surface area contributed by atoms with Crippen molar-refractivity contribution in [1.29, 1.82) is 0 Å². The Morgan fingerprint density at radius 1 is 1.12 bits per heavy atom. The van der Waals surface area contributed by atoms with Crippen molar-refractivity contribution in [1.82, 2.24) is 5.32 Å². The van der Waals surface area contributed by atoms with E-state index < -0.39 is 5.54 Å². The van der Waals surface area contributed by atoms with Gasteiger partial charge in [0.1, 0.15) is 5.54 Å². The van der Waals surface area contributed by atoms with Crippen molar-refractivity contribution in [3.05, 3.63) is 63.6 Å². The molecule has 1 heterocycles. The fourth-order valence-corrected chi connectivity index (χ4v) is 3.74. The largest absolute Gasteiger partial charge is 0.324 e. The molecule has 1 unspecified atom stereocenters. The number of hydrogen-bond acceptors (Lipinski definition) is 2. The number of benzene rings is 2. The number of carbonyl (C=O) groups excluding carboxylic acids is 1. The number of halogens is 2. The van der Waals surface area contributed by atoms with Gasteiger partial charge in [-0.2, -0.15) is 0 Å². The summed E-state index contributed by atoms with van der Waals surface area (Å²) < 4.78 is 0. The average molecular weight is 361 g/mol. The minimum absolute atomic E-state index is 0.0274. The van der Waals surface area contributed by atoms with E-state index in [2.05, 4.69) is 10.6 Å². The third kappa shape index (κ3) is 2.92. The van der Waals surface area contributed by atoms with Gasteiger partial charge in [0.05, 0.1) is 0 Å². The molecule has 5 heteroatoms. The molecule has 1 amide bonds. The third-order valence-corrected chi connectivity index (χ3v) is 5.30. The van der Waals surface area contributed by atoms with Gasteiger partial charge in [-0.15, -0.1) is 0 Å². The number of nitrogens with one attached hydrogen (secondary N) is 2. The van der Waals surface area contributed by atoms with Gasteiger partial charge in [-0.3, -0.25) is 10.1 Å². The highest BCUT2D eigenvalue weighted by Crippen LogP contribution is 2.41. The first kappa shape index (κ1) is 15.9. The molecule has 0 spiro atoms. The Balaban J connectivity index is 1.74. The zero-order valence-electron chi connectivity index (χ0n) is 13.1. The SMILES string of the molecule is O=C1Nc2cc(Cl)ccc2C1(Cc1cccc(Cl)c1)NCC1CC1. The van der Waals surface area contributed by atoms with E-state index in [1.54, 1.807) is 0 Å². The first-order valence-corrected chi connectivity index (χ1v) is 8.93.